The molecule has 26 heavy (non-hydrogen) atoms. The summed E-state index contributed by atoms with van der Waals surface area (Å²) in [5, 5.41) is 0. The second-order valence-electron chi connectivity index (χ2n) is 6.05. The average molecular weight is 470 g/mol. The van der Waals surface area contributed by atoms with Crippen molar-refractivity contribution in [2.75, 3.05) is 0 Å². The van der Waals surface area contributed by atoms with Crippen molar-refractivity contribution in [1.82, 2.24) is 0 Å². The van der Waals surface area contributed by atoms with E-state index in [9.17, 15) is 0 Å². The fourth-order valence-corrected chi connectivity index (χ4v) is 2.88. The third-order valence-electron chi connectivity index (χ3n) is 3.94. The van der Waals surface area contributed by atoms with Crippen LogP contribution < -0.4 is 0 Å². The zero-order valence-corrected chi connectivity index (χ0v) is 17.8. The lowest BCUT2D eigenvalue weighted by Crippen LogP contribution is -1.85. The van der Waals surface area contributed by atoms with Crippen molar-refractivity contribution in [3.63, 3.8) is 0 Å². The van der Waals surface area contributed by atoms with Gasteiger partial charge in [-0.1, -0.05) is 56.1 Å². The van der Waals surface area contributed by atoms with Crippen molar-refractivity contribution in [2.45, 2.75) is 13.8 Å². The first-order valence-electron chi connectivity index (χ1n) is 8.22. The summed E-state index contributed by atoms with van der Waals surface area (Å²) in [5.41, 5.74) is 6.36. The van der Waals surface area contributed by atoms with E-state index in [4.69, 9.17) is 0 Å². The summed E-state index contributed by atoms with van der Waals surface area (Å²) in [7, 11) is 0. The first kappa shape index (κ1) is 18.7. The lowest BCUT2D eigenvalue weighted by atomic mass is 10.1. The highest BCUT2D eigenvalue weighted by atomic mass is 79.9. The molecule has 0 fully saturated rings. The van der Waals surface area contributed by atoms with E-state index in [2.05, 4.69) is 67.8 Å². The second kappa shape index (κ2) is 8.56. The third-order valence-corrected chi connectivity index (χ3v) is 5.72. The smallest absolute Gasteiger partial charge is 0.0633 e. The van der Waals surface area contributed by atoms with Crippen molar-refractivity contribution in [3.8, 4) is 0 Å². The molecule has 2 nitrogen and oxygen atoms in total. The molecule has 3 rings (SSSR count). The molecule has 0 N–H and O–H groups in total. The van der Waals surface area contributed by atoms with E-state index in [1.165, 1.54) is 11.1 Å². The molecule has 0 aliphatic heterocycles. The van der Waals surface area contributed by atoms with Crippen LogP contribution >= 0.6 is 31.9 Å². The van der Waals surface area contributed by atoms with Gasteiger partial charge in [-0.15, -0.1) is 0 Å². The molecule has 0 aliphatic carbocycles. The number of rotatable bonds is 4. The maximum absolute atomic E-state index is 4.54. The van der Waals surface area contributed by atoms with E-state index in [0.29, 0.717) is 0 Å². The predicted molar refractivity (Wildman–Crippen MR) is 119 cm³/mol. The van der Waals surface area contributed by atoms with Crippen LogP contribution in [0.15, 0.2) is 79.6 Å². The van der Waals surface area contributed by atoms with Crippen LogP contribution in [0.4, 0.5) is 11.4 Å². The normalized spacial score (nSPS) is 11.5. The van der Waals surface area contributed by atoms with Gasteiger partial charge in [0.05, 0.1) is 11.4 Å². The van der Waals surface area contributed by atoms with Gasteiger partial charge in [0.1, 0.15) is 0 Å². The van der Waals surface area contributed by atoms with E-state index >= 15 is 0 Å². The molecule has 0 heterocycles. The van der Waals surface area contributed by atoms with Crippen LogP contribution in [-0.4, -0.2) is 12.4 Å². The van der Waals surface area contributed by atoms with Gasteiger partial charge in [0.15, 0.2) is 0 Å². The maximum atomic E-state index is 4.54. The SMILES string of the molecule is Cc1cc(N=Cc2ccc(C=Nc3ccc(Br)c(C)c3)cc2)ccc1Br. The molecule has 3 aromatic carbocycles. The third kappa shape index (κ3) is 4.99. The molecule has 0 aliphatic rings. The molecule has 0 bridgehead atoms. The quantitative estimate of drug-likeness (QED) is 0.357. The van der Waals surface area contributed by atoms with Gasteiger partial charge in [-0.3, -0.25) is 9.98 Å². The predicted octanol–water partition coefficient (Wildman–Crippen LogP) is 7.33. The molecule has 0 amide bonds. The minimum Gasteiger partial charge on any atom is -0.256 e. The summed E-state index contributed by atoms with van der Waals surface area (Å²) in [4.78, 5) is 9.07. The minimum absolute atomic E-state index is 0.946. The standard InChI is InChI=1S/C22H18Br2N2/c1-15-11-19(7-9-21(15)23)25-13-17-3-5-18(6-4-17)14-26-20-8-10-22(24)16(2)12-20/h3-14H,1-2H3. The largest absolute Gasteiger partial charge is 0.256 e. The minimum atomic E-state index is 0.946. The first-order valence-corrected chi connectivity index (χ1v) is 9.80. The number of aryl methyl sites for hydroxylation is 2. The molecule has 0 saturated heterocycles. The van der Waals surface area contributed by atoms with Crippen LogP contribution in [-0.2, 0) is 0 Å². The van der Waals surface area contributed by atoms with E-state index in [-0.39, 0.29) is 0 Å². The molecule has 0 aromatic heterocycles. The first-order chi connectivity index (χ1) is 12.5. The summed E-state index contributed by atoms with van der Waals surface area (Å²) in [6.07, 6.45) is 3.75. The van der Waals surface area contributed by atoms with Crippen LogP contribution in [0.2, 0.25) is 0 Å². The van der Waals surface area contributed by atoms with E-state index in [1.807, 2.05) is 61.0 Å². The number of aliphatic imine (C=N–C) groups is 2. The number of halogens is 2. The zero-order valence-electron chi connectivity index (χ0n) is 14.6. The Labute approximate surface area is 171 Å². The van der Waals surface area contributed by atoms with Crippen molar-refractivity contribution < 1.29 is 0 Å². The van der Waals surface area contributed by atoms with Crippen molar-refractivity contribution >= 4 is 55.7 Å². The van der Waals surface area contributed by atoms with Gasteiger partial charge in [0, 0.05) is 21.4 Å². The Morgan fingerprint density at radius 3 is 1.35 bits per heavy atom. The van der Waals surface area contributed by atoms with E-state index in [1.54, 1.807) is 0 Å². The van der Waals surface area contributed by atoms with Crippen LogP contribution in [0, 0.1) is 13.8 Å². The Kier molecular flexibility index (Phi) is 6.17. The Bertz CT molecular complexity index is 893. The number of nitrogens with zero attached hydrogens (tertiary/aromatic N) is 2. The Morgan fingerprint density at radius 1 is 0.615 bits per heavy atom. The fraction of sp³-hybridized carbons (Fsp3) is 0.0909. The Morgan fingerprint density at radius 2 is 1.00 bits per heavy atom. The van der Waals surface area contributed by atoms with Gasteiger partial charge < -0.3 is 0 Å². The molecule has 0 spiro atoms. The van der Waals surface area contributed by atoms with Gasteiger partial charge in [0.25, 0.3) is 0 Å². The summed E-state index contributed by atoms with van der Waals surface area (Å²) < 4.78 is 2.20. The highest BCUT2D eigenvalue weighted by Crippen LogP contribution is 2.23. The maximum Gasteiger partial charge on any atom is 0.0633 e. The van der Waals surface area contributed by atoms with Gasteiger partial charge in [0.2, 0.25) is 0 Å². The molecular weight excluding hydrogens is 452 g/mol. The van der Waals surface area contributed by atoms with E-state index < -0.39 is 0 Å². The lowest BCUT2D eigenvalue weighted by molar-refractivity contribution is 1.40. The van der Waals surface area contributed by atoms with Crippen molar-refractivity contribution in [3.05, 3.63) is 91.9 Å². The molecule has 4 heteroatoms. The number of hydrogen-bond donors (Lipinski definition) is 0. The van der Waals surface area contributed by atoms with Crippen molar-refractivity contribution in [2.24, 2.45) is 9.98 Å². The van der Waals surface area contributed by atoms with Crippen LogP contribution in [0.25, 0.3) is 0 Å². The average Bonchev–Trinajstić information content (AvgIpc) is 2.64. The van der Waals surface area contributed by atoms with Gasteiger partial charge in [-0.2, -0.15) is 0 Å². The number of hydrogen-bond acceptors (Lipinski definition) is 2. The molecule has 0 unspecified atom stereocenters. The lowest BCUT2D eigenvalue weighted by Gasteiger charge is -2.00. The monoisotopic (exact) mass is 468 g/mol. The number of benzene rings is 3. The molecule has 0 radical (unpaired) electrons. The molecule has 3 aromatic rings. The molecule has 0 saturated carbocycles. The van der Waals surface area contributed by atoms with Crippen molar-refractivity contribution in [1.29, 1.82) is 0 Å². The van der Waals surface area contributed by atoms with Crippen LogP contribution in [0.5, 0.6) is 0 Å². The van der Waals surface area contributed by atoms with Gasteiger partial charge >= 0.3 is 0 Å². The molecule has 0 atom stereocenters. The Hall–Kier alpha value is -2.04. The van der Waals surface area contributed by atoms with Crippen LogP contribution in [0.3, 0.4) is 0 Å². The fourth-order valence-electron chi connectivity index (χ4n) is 2.38. The molecular formula is C22H18Br2N2. The highest BCUT2D eigenvalue weighted by Gasteiger charge is 1.97. The Balaban J connectivity index is 1.69. The van der Waals surface area contributed by atoms with Gasteiger partial charge in [-0.05, 0) is 72.5 Å². The highest BCUT2D eigenvalue weighted by molar-refractivity contribution is 9.10. The topological polar surface area (TPSA) is 24.7 Å². The van der Waals surface area contributed by atoms with Gasteiger partial charge in [-0.25, -0.2) is 0 Å². The summed E-state index contributed by atoms with van der Waals surface area (Å²) >= 11 is 7.01. The van der Waals surface area contributed by atoms with Crippen LogP contribution in [0.1, 0.15) is 22.3 Å². The second-order valence-corrected chi connectivity index (χ2v) is 7.76. The summed E-state index contributed by atoms with van der Waals surface area (Å²) in [5.74, 6) is 0. The zero-order chi connectivity index (χ0) is 18.5. The summed E-state index contributed by atoms with van der Waals surface area (Å²) in [6.45, 7) is 4.12. The van der Waals surface area contributed by atoms with E-state index in [0.717, 1.165) is 31.4 Å². The molecule has 130 valence electrons. The summed E-state index contributed by atoms with van der Waals surface area (Å²) in [6, 6.07) is 20.3.